The smallest absolute Gasteiger partial charge is 0.0948 e. The Morgan fingerprint density at radius 3 is 2.64 bits per heavy atom. The molecule has 2 N–H and O–H groups in total. The Bertz CT molecular complexity index is 156. The van der Waals surface area contributed by atoms with Crippen molar-refractivity contribution in [3.8, 4) is 0 Å². The fourth-order valence-corrected chi connectivity index (χ4v) is 2.08. The van der Waals surface area contributed by atoms with E-state index in [1.54, 1.807) is 0 Å². The third-order valence-electron chi connectivity index (χ3n) is 2.93. The van der Waals surface area contributed by atoms with Crippen molar-refractivity contribution in [1.82, 2.24) is 5.32 Å². The molecule has 2 unspecified atom stereocenters. The summed E-state index contributed by atoms with van der Waals surface area (Å²) in [6.07, 6.45) is 1.25. The molecule has 0 saturated carbocycles. The van der Waals surface area contributed by atoms with E-state index in [9.17, 15) is 5.11 Å². The maximum absolute atomic E-state index is 9.94. The minimum absolute atomic E-state index is 0.238. The Morgan fingerprint density at radius 2 is 2.27 bits per heavy atom. The zero-order chi connectivity index (χ0) is 7.90. The normalized spacial score (nSPS) is 42.0. The number of ether oxygens (including phenoxy) is 1. The molecule has 2 saturated heterocycles. The van der Waals surface area contributed by atoms with Gasteiger partial charge in [0.05, 0.1) is 11.7 Å². The van der Waals surface area contributed by atoms with Crippen LogP contribution in [0.1, 0.15) is 13.3 Å². The fraction of sp³-hybridized carbons (Fsp3) is 1.00. The molecule has 0 amide bonds. The fourth-order valence-electron chi connectivity index (χ4n) is 2.08. The highest BCUT2D eigenvalue weighted by molar-refractivity contribution is 5.01. The molecule has 2 heterocycles. The van der Waals surface area contributed by atoms with Crippen molar-refractivity contribution in [2.75, 3.05) is 19.7 Å². The molecular weight excluding hydrogens is 142 g/mol. The van der Waals surface area contributed by atoms with E-state index in [0.717, 1.165) is 26.1 Å². The van der Waals surface area contributed by atoms with Crippen LogP contribution in [0.15, 0.2) is 0 Å². The second-order valence-corrected chi connectivity index (χ2v) is 3.68. The Labute approximate surface area is 66.7 Å². The van der Waals surface area contributed by atoms with E-state index in [-0.39, 0.29) is 6.10 Å². The molecule has 64 valence electrons. The van der Waals surface area contributed by atoms with Gasteiger partial charge < -0.3 is 15.2 Å². The molecule has 3 nitrogen and oxygen atoms in total. The van der Waals surface area contributed by atoms with Crippen molar-refractivity contribution >= 4 is 0 Å². The third kappa shape index (κ3) is 1.08. The molecule has 0 aromatic carbocycles. The molecule has 0 aliphatic carbocycles. The summed E-state index contributed by atoms with van der Waals surface area (Å²) in [6.45, 7) is 4.35. The minimum Gasteiger partial charge on any atom is -0.387 e. The van der Waals surface area contributed by atoms with Crippen molar-refractivity contribution in [3.05, 3.63) is 0 Å². The first-order valence-corrected chi connectivity index (χ1v) is 4.27. The number of β-amino-alcohol motifs (C(OH)–C–C–N with tert-alkyl or cyclic N) is 1. The Morgan fingerprint density at radius 1 is 1.55 bits per heavy atom. The first-order valence-electron chi connectivity index (χ1n) is 4.27. The lowest BCUT2D eigenvalue weighted by Crippen LogP contribution is -2.64. The highest BCUT2D eigenvalue weighted by atomic mass is 16.5. The number of rotatable bonds is 1. The second kappa shape index (κ2) is 2.44. The van der Waals surface area contributed by atoms with Crippen molar-refractivity contribution in [3.63, 3.8) is 0 Å². The summed E-state index contributed by atoms with van der Waals surface area (Å²) in [6, 6.07) is 0. The maximum Gasteiger partial charge on any atom is 0.0948 e. The highest BCUT2D eigenvalue weighted by Crippen LogP contribution is 2.33. The van der Waals surface area contributed by atoms with Crippen LogP contribution in [0.25, 0.3) is 0 Å². The van der Waals surface area contributed by atoms with Gasteiger partial charge in [0, 0.05) is 25.6 Å². The lowest BCUT2D eigenvalue weighted by Gasteiger charge is -2.43. The summed E-state index contributed by atoms with van der Waals surface area (Å²) in [4.78, 5) is 0. The van der Waals surface area contributed by atoms with Crippen molar-refractivity contribution < 1.29 is 9.84 Å². The SMILES string of the molecule is CC1OCCC1C1(O)CNC1. The van der Waals surface area contributed by atoms with Crippen LogP contribution in [-0.4, -0.2) is 36.5 Å². The minimum atomic E-state index is -0.462. The van der Waals surface area contributed by atoms with Crippen LogP contribution in [-0.2, 0) is 4.74 Å². The lowest BCUT2D eigenvalue weighted by atomic mass is 9.79. The van der Waals surface area contributed by atoms with Gasteiger partial charge in [-0.3, -0.25) is 0 Å². The number of hydrogen-bond acceptors (Lipinski definition) is 3. The molecular formula is C8H15NO2. The van der Waals surface area contributed by atoms with Gasteiger partial charge in [0.1, 0.15) is 0 Å². The van der Waals surface area contributed by atoms with Gasteiger partial charge in [0.25, 0.3) is 0 Å². The second-order valence-electron chi connectivity index (χ2n) is 3.68. The first-order chi connectivity index (χ1) is 5.22. The molecule has 2 atom stereocenters. The molecule has 0 spiro atoms. The summed E-state index contributed by atoms with van der Waals surface area (Å²) in [7, 11) is 0. The van der Waals surface area contributed by atoms with Gasteiger partial charge in [-0.05, 0) is 13.3 Å². The average molecular weight is 157 g/mol. The molecule has 0 bridgehead atoms. The predicted molar refractivity (Wildman–Crippen MR) is 41.3 cm³/mol. The molecule has 0 aromatic heterocycles. The molecule has 3 heteroatoms. The summed E-state index contributed by atoms with van der Waals surface area (Å²) < 4.78 is 5.40. The molecule has 2 aliphatic heterocycles. The Kier molecular flexibility index (Phi) is 1.67. The monoisotopic (exact) mass is 157 g/mol. The number of aliphatic hydroxyl groups is 1. The van der Waals surface area contributed by atoms with Crippen molar-refractivity contribution in [1.29, 1.82) is 0 Å². The van der Waals surface area contributed by atoms with Crippen LogP contribution in [0.4, 0.5) is 0 Å². The average Bonchev–Trinajstić information content (AvgIpc) is 2.30. The van der Waals surface area contributed by atoms with E-state index < -0.39 is 5.60 Å². The summed E-state index contributed by atoms with van der Waals surface area (Å²) in [5, 5.41) is 13.0. The maximum atomic E-state index is 9.94. The van der Waals surface area contributed by atoms with Gasteiger partial charge in [-0.1, -0.05) is 0 Å². The van der Waals surface area contributed by atoms with Crippen molar-refractivity contribution in [2.24, 2.45) is 5.92 Å². The van der Waals surface area contributed by atoms with Crippen LogP contribution in [0, 0.1) is 5.92 Å². The third-order valence-corrected chi connectivity index (χ3v) is 2.93. The van der Waals surface area contributed by atoms with Crippen LogP contribution in [0.5, 0.6) is 0 Å². The Hall–Kier alpha value is -0.120. The van der Waals surface area contributed by atoms with Crippen LogP contribution >= 0.6 is 0 Å². The van der Waals surface area contributed by atoms with E-state index in [4.69, 9.17) is 4.74 Å². The van der Waals surface area contributed by atoms with E-state index >= 15 is 0 Å². The zero-order valence-electron chi connectivity index (χ0n) is 6.84. The van der Waals surface area contributed by atoms with Crippen LogP contribution in [0.2, 0.25) is 0 Å². The lowest BCUT2D eigenvalue weighted by molar-refractivity contribution is -0.0802. The summed E-state index contributed by atoms with van der Waals surface area (Å²) in [5.41, 5.74) is -0.462. The molecule has 2 rings (SSSR count). The quantitative estimate of drug-likeness (QED) is 0.551. The van der Waals surface area contributed by atoms with Gasteiger partial charge in [-0.2, -0.15) is 0 Å². The highest BCUT2D eigenvalue weighted by Gasteiger charge is 2.46. The predicted octanol–water partition coefficient (Wildman–Crippen LogP) is -0.254. The van der Waals surface area contributed by atoms with E-state index in [0.29, 0.717) is 5.92 Å². The molecule has 2 aliphatic rings. The zero-order valence-corrected chi connectivity index (χ0v) is 6.84. The van der Waals surface area contributed by atoms with E-state index in [1.165, 1.54) is 0 Å². The van der Waals surface area contributed by atoms with E-state index in [2.05, 4.69) is 5.32 Å². The van der Waals surface area contributed by atoms with Gasteiger partial charge in [-0.25, -0.2) is 0 Å². The molecule has 0 aromatic rings. The Balaban J connectivity index is 2.02. The van der Waals surface area contributed by atoms with Crippen molar-refractivity contribution in [2.45, 2.75) is 25.0 Å². The topological polar surface area (TPSA) is 41.5 Å². The van der Waals surface area contributed by atoms with Gasteiger partial charge in [0.2, 0.25) is 0 Å². The number of hydrogen-bond donors (Lipinski definition) is 2. The first kappa shape index (κ1) is 7.53. The molecule has 11 heavy (non-hydrogen) atoms. The largest absolute Gasteiger partial charge is 0.387 e. The van der Waals surface area contributed by atoms with Gasteiger partial charge in [0.15, 0.2) is 0 Å². The van der Waals surface area contributed by atoms with E-state index in [1.807, 2.05) is 6.92 Å². The molecule has 0 radical (unpaired) electrons. The number of nitrogens with one attached hydrogen (secondary N) is 1. The van der Waals surface area contributed by atoms with Crippen LogP contribution in [0.3, 0.4) is 0 Å². The standard InChI is InChI=1S/C8H15NO2/c1-6-7(2-3-11-6)8(10)4-9-5-8/h6-7,9-10H,2-5H2,1H3. The molecule has 2 fully saturated rings. The van der Waals surface area contributed by atoms with Crippen LogP contribution < -0.4 is 5.32 Å². The summed E-state index contributed by atoms with van der Waals surface area (Å²) in [5.74, 6) is 0.351. The summed E-state index contributed by atoms with van der Waals surface area (Å²) >= 11 is 0. The van der Waals surface area contributed by atoms with Gasteiger partial charge >= 0.3 is 0 Å². The van der Waals surface area contributed by atoms with Gasteiger partial charge in [-0.15, -0.1) is 0 Å².